The molecular weight excluding hydrogens is 305 g/mol. The summed E-state index contributed by atoms with van der Waals surface area (Å²) >= 11 is 0. The van der Waals surface area contributed by atoms with Gasteiger partial charge in [0.05, 0.1) is 11.5 Å². The standard InChI is InChI=1S/C12H13F3N4O3/c13-12(14,15)7-3-8(10(21)17-4-7)18-11(22)19-2-1-6(5-19)9(16)20/h3-4,6H,1-2,5H2,(H2,16,20)(H,17,21)(H,18,22). The first kappa shape index (κ1) is 15.9. The second kappa shape index (κ2) is 5.70. The first-order valence-corrected chi connectivity index (χ1v) is 6.33. The Morgan fingerprint density at radius 1 is 1.41 bits per heavy atom. The van der Waals surface area contributed by atoms with Crippen LogP contribution in [-0.2, 0) is 11.0 Å². The van der Waals surface area contributed by atoms with Gasteiger partial charge in [0, 0.05) is 19.3 Å². The van der Waals surface area contributed by atoms with Crippen LogP contribution >= 0.6 is 0 Å². The third-order valence-electron chi connectivity index (χ3n) is 3.35. The molecule has 22 heavy (non-hydrogen) atoms. The van der Waals surface area contributed by atoms with Crippen molar-refractivity contribution in [1.29, 1.82) is 0 Å². The molecule has 1 aliphatic rings. The Balaban J connectivity index is 2.12. The van der Waals surface area contributed by atoms with Gasteiger partial charge in [0.1, 0.15) is 5.69 Å². The van der Waals surface area contributed by atoms with Gasteiger partial charge in [0.25, 0.3) is 5.56 Å². The Morgan fingerprint density at radius 2 is 2.09 bits per heavy atom. The topological polar surface area (TPSA) is 108 Å². The van der Waals surface area contributed by atoms with E-state index in [0.29, 0.717) is 18.7 Å². The quantitative estimate of drug-likeness (QED) is 0.748. The summed E-state index contributed by atoms with van der Waals surface area (Å²) < 4.78 is 37.7. The van der Waals surface area contributed by atoms with Crippen molar-refractivity contribution in [2.24, 2.45) is 11.7 Å². The number of pyridine rings is 1. The largest absolute Gasteiger partial charge is 0.417 e. The second-order valence-corrected chi connectivity index (χ2v) is 4.89. The molecule has 1 unspecified atom stereocenters. The Kier molecular flexibility index (Phi) is 4.11. The van der Waals surface area contributed by atoms with Crippen LogP contribution in [0.1, 0.15) is 12.0 Å². The molecule has 4 N–H and O–H groups in total. The Bertz CT molecular complexity index is 656. The molecule has 1 aromatic heterocycles. The van der Waals surface area contributed by atoms with Crippen LogP contribution in [0.3, 0.4) is 0 Å². The average molecular weight is 318 g/mol. The highest BCUT2D eigenvalue weighted by atomic mass is 19.4. The number of nitrogens with two attached hydrogens (primary N) is 1. The van der Waals surface area contributed by atoms with Gasteiger partial charge in [-0.05, 0) is 12.5 Å². The molecule has 2 rings (SSSR count). The van der Waals surface area contributed by atoms with Crippen LogP contribution in [-0.4, -0.2) is 34.9 Å². The normalized spacial score (nSPS) is 18.3. The number of hydrogen-bond acceptors (Lipinski definition) is 3. The van der Waals surface area contributed by atoms with Gasteiger partial charge in [-0.25, -0.2) is 4.79 Å². The number of carbonyl (C=O) groups excluding carboxylic acids is 2. The summed E-state index contributed by atoms with van der Waals surface area (Å²) in [4.78, 5) is 37.6. The van der Waals surface area contributed by atoms with Gasteiger partial charge in [-0.3, -0.25) is 9.59 Å². The van der Waals surface area contributed by atoms with Gasteiger partial charge in [0.2, 0.25) is 5.91 Å². The zero-order chi connectivity index (χ0) is 16.5. The Hall–Kier alpha value is -2.52. The van der Waals surface area contributed by atoms with Gasteiger partial charge < -0.3 is 20.9 Å². The third-order valence-corrected chi connectivity index (χ3v) is 3.35. The first-order valence-electron chi connectivity index (χ1n) is 6.33. The van der Waals surface area contributed by atoms with Gasteiger partial charge in [-0.15, -0.1) is 0 Å². The molecule has 7 nitrogen and oxygen atoms in total. The number of primary amides is 1. The number of aromatic amines is 1. The zero-order valence-corrected chi connectivity index (χ0v) is 11.2. The van der Waals surface area contributed by atoms with Crippen molar-refractivity contribution in [3.63, 3.8) is 0 Å². The summed E-state index contributed by atoms with van der Waals surface area (Å²) in [6, 6.07) is -0.202. The Morgan fingerprint density at radius 3 is 2.64 bits per heavy atom. The van der Waals surface area contributed by atoms with E-state index >= 15 is 0 Å². The zero-order valence-electron chi connectivity index (χ0n) is 11.2. The highest BCUT2D eigenvalue weighted by Gasteiger charge is 2.33. The van der Waals surface area contributed by atoms with E-state index in [9.17, 15) is 27.6 Å². The molecule has 1 saturated heterocycles. The number of nitrogens with one attached hydrogen (secondary N) is 2. The number of likely N-dealkylation sites (tertiary alicyclic amines) is 1. The summed E-state index contributed by atoms with van der Waals surface area (Å²) in [7, 11) is 0. The fraction of sp³-hybridized carbons (Fsp3) is 0.417. The maximum Gasteiger partial charge on any atom is 0.417 e. The smallest absolute Gasteiger partial charge is 0.369 e. The lowest BCUT2D eigenvalue weighted by molar-refractivity contribution is -0.137. The molecule has 2 heterocycles. The lowest BCUT2D eigenvalue weighted by Crippen LogP contribution is -2.36. The molecule has 0 bridgehead atoms. The summed E-state index contributed by atoms with van der Waals surface area (Å²) in [5.41, 5.74) is 2.68. The van der Waals surface area contributed by atoms with Crippen molar-refractivity contribution in [2.45, 2.75) is 12.6 Å². The predicted molar refractivity (Wildman–Crippen MR) is 70.0 cm³/mol. The number of amides is 3. The molecular formula is C12H13F3N4O3. The Labute approximate surface area is 122 Å². The molecule has 3 amide bonds. The molecule has 10 heteroatoms. The fourth-order valence-electron chi connectivity index (χ4n) is 2.11. The lowest BCUT2D eigenvalue weighted by Gasteiger charge is -2.17. The molecule has 0 saturated carbocycles. The van der Waals surface area contributed by atoms with Gasteiger partial charge in [-0.1, -0.05) is 0 Å². The number of halogens is 3. The van der Waals surface area contributed by atoms with E-state index in [4.69, 9.17) is 5.73 Å². The van der Waals surface area contributed by atoms with E-state index in [1.165, 1.54) is 4.90 Å². The van der Waals surface area contributed by atoms with Gasteiger partial charge in [-0.2, -0.15) is 13.2 Å². The number of aromatic nitrogens is 1. The minimum atomic E-state index is -4.64. The van der Waals surface area contributed by atoms with E-state index in [1.54, 1.807) is 0 Å². The number of H-pyrrole nitrogens is 1. The molecule has 0 spiro atoms. The van der Waals surface area contributed by atoms with Crippen LogP contribution in [0.15, 0.2) is 17.1 Å². The van der Waals surface area contributed by atoms with Crippen LogP contribution in [0.2, 0.25) is 0 Å². The lowest BCUT2D eigenvalue weighted by atomic mass is 10.1. The van der Waals surface area contributed by atoms with Crippen LogP contribution in [0.5, 0.6) is 0 Å². The van der Waals surface area contributed by atoms with E-state index in [1.807, 2.05) is 4.98 Å². The number of carbonyl (C=O) groups is 2. The minimum Gasteiger partial charge on any atom is -0.369 e. The van der Waals surface area contributed by atoms with Crippen molar-refractivity contribution >= 4 is 17.6 Å². The number of urea groups is 1. The third kappa shape index (κ3) is 3.38. The summed E-state index contributed by atoms with van der Waals surface area (Å²) in [5.74, 6) is -1.04. The number of hydrogen-bond donors (Lipinski definition) is 3. The van der Waals surface area contributed by atoms with Crippen LogP contribution in [0.4, 0.5) is 23.7 Å². The number of anilines is 1. The molecule has 0 radical (unpaired) electrons. The van der Waals surface area contributed by atoms with Crippen LogP contribution < -0.4 is 16.6 Å². The minimum absolute atomic E-state index is 0.0675. The summed E-state index contributed by atoms with van der Waals surface area (Å²) in [6.45, 7) is 0.300. The van der Waals surface area contributed by atoms with E-state index in [2.05, 4.69) is 5.32 Å². The number of nitrogens with zero attached hydrogens (tertiary/aromatic N) is 1. The maximum absolute atomic E-state index is 12.6. The van der Waals surface area contributed by atoms with Crippen molar-refractivity contribution in [3.8, 4) is 0 Å². The first-order chi connectivity index (χ1) is 10.2. The monoisotopic (exact) mass is 318 g/mol. The average Bonchev–Trinajstić information content (AvgIpc) is 2.89. The fourth-order valence-corrected chi connectivity index (χ4v) is 2.11. The maximum atomic E-state index is 12.6. The van der Waals surface area contributed by atoms with Crippen LogP contribution in [0, 0.1) is 5.92 Å². The van der Waals surface area contributed by atoms with Gasteiger partial charge in [0.15, 0.2) is 0 Å². The molecule has 0 aromatic carbocycles. The molecule has 120 valence electrons. The molecule has 1 fully saturated rings. The van der Waals surface area contributed by atoms with Gasteiger partial charge >= 0.3 is 12.2 Å². The summed E-state index contributed by atoms with van der Waals surface area (Å²) in [5, 5.41) is 2.12. The van der Waals surface area contributed by atoms with Crippen molar-refractivity contribution < 1.29 is 22.8 Å². The van der Waals surface area contributed by atoms with E-state index in [0.717, 1.165) is 0 Å². The molecule has 1 aliphatic heterocycles. The van der Waals surface area contributed by atoms with E-state index < -0.39 is 40.8 Å². The molecule has 1 atom stereocenters. The molecule has 1 aromatic rings. The van der Waals surface area contributed by atoms with Crippen molar-refractivity contribution in [2.75, 3.05) is 18.4 Å². The molecule has 0 aliphatic carbocycles. The van der Waals surface area contributed by atoms with Crippen molar-refractivity contribution in [1.82, 2.24) is 9.88 Å². The summed E-state index contributed by atoms with van der Waals surface area (Å²) in [6.07, 6.45) is -3.74. The van der Waals surface area contributed by atoms with E-state index in [-0.39, 0.29) is 13.1 Å². The van der Waals surface area contributed by atoms with Crippen LogP contribution in [0.25, 0.3) is 0 Å². The van der Waals surface area contributed by atoms with Crippen molar-refractivity contribution in [3.05, 3.63) is 28.2 Å². The second-order valence-electron chi connectivity index (χ2n) is 4.89. The highest BCUT2D eigenvalue weighted by Crippen LogP contribution is 2.29. The number of alkyl halides is 3. The SMILES string of the molecule is NC(=O)C1CCN(C(=O)Nc2cc(C(F)(F)F)c[nH]c2=O)C1. The predicted octanol–water partition coefficient (Wildman–Crippen LogP) is 0.733. The number of rotatable bonds is 2. The highest BCUT2D eigenvalue weighted by molar-refractivity contribution is 5.90.